The molecule has 7 nitrogen and oxygen atoms in total. The number of imidazole rings is 1. The molecule has 1 saturated carbocycles. The highest BCUT2D eigenvalue weighted by Crippen LogP contribution is 2.23. The molecule has 0 unspecified atom stereocenters. The maximum Gasteiger partial charge on any atom is 0.251 e. The summed E-state index contributed by atoms with van der Waals surface area (Å²) >= 11 is 0. The quantitative estimate of drug-likeness (QED) is 0.484. The Kier molecular flexibility index (Phi) is 7.83. The van der Waals surface area contributed by atoms with E-state index in [1.165, 1.54) is 19.3 Å². The third-order valence-corrected chi connectivity index (χ3v) is 6.74. The molecule has 180 valence electrons. The van der Waals surface area contributed by atoms with E-state index in [1.807, 2.05) is 46.8 Å². The van der Waals surface area contributed by atoms with Gasteiger partial charge in [0, 0.05) is 31.6 Å². The molecule has 1 N–H and O–H groups in total. The molecule has 1 heterocycles. The van der Waals surface area contributed by atoms with Crippen LogP contribution in [0.1, 0.15) is 54.7 Å². The van der Waals surface area contributed by atoms with Gasteiger partial charge in [-0.2, -0.15) is 0 Å². The van der Waals surface area contributed by atoms with Crippen molar-refractivity contribution in [3.63, 3.8) is 0 Å². The minimum absolute atomic E-state index is 0.127. The highest BCUT2D eigenvalue weighted by Gasteiger charge is 2.23. The summed E-state index contributed by atoms with van der Waals surface area (Å²) in [6, 6.07) is 15.4. The lowest BCUT2D eigenvalue weighted by atomic mass is 9.94. The van der Waals surface area contributed by atoms with Crippen LogP contribution in [-0.4, -0.2) is 53.0 Å². The van der Waals surface area contributed by atoms with Crippen LogP contribution >= 0.6 is 0 Å². The van der Waals surface area contributed by atoms with Gasteiger partial charge in [-0.1, -0.05) is 37.5 Å². The molecule has 7 heteroatoms. The van der Waals surface area contributed by atoms with Gasteiger partial charge in [-0.3, -0.25) is 9.59 Å². The van der Waals surface area contributed by atoms with Gasteiger partial charge in [0.05, 0.1) is 18.1 Å². The Morgan fingerprint density at radius 2 is 1.91 bits per heavy atom. The average molecular weight is 463 g/mol. The van der Waals surface area contributed by atoms with Crippen LogP contribution in [0.15, 0.2) is 48.5 Å². The summed E-state index contributed by atoms with van der Waals surface area (Å²) in [5.41, 5.74) is 2.44. The van der Waals surface area contributed by atoms with Gasteiger partial charge in [0.15, 0.2) is 0 Å². The van der Waals surface area contributed by atoms with Crippen LogP contribution in [0.4, 0.5) is 0 Å². The van der Waals surface area contributed by atoms with Gasteiger partial charge in [-0.15, -0.1) is 0 Å². The number of nitrogens with one attached hydrogen (secondary N) is 1. The maximum absolute atomic E-state index is 13.1. The van der Waals surface area contributed by atoms with Crippen molar-refractivity contribution < 1.29 is 14.3 Å². The molecule has 1 aromatic heterocycles. The Hall–Kier alpha value is -3.35. The third-order valence-electron chi connectivity index (χ3n) is 6.74. The summed E-state index contributed by atoms with van der Waals surface area (Å²) in [7, 11) is 3.52. The number of carbonyl (C=O) groups is 2. The van der Waals surface area contributed by atoms with Crippen LogP contribution in [0.25, 0.3) is 11.0 Å². The van der Waals surface area contributed by atoms with Gasteiger partial charge in [0.2, 0.25) is 5.91 Å². The van der Waals surface area contributed by atoms with Crippen LogP contribution < -0.4 is 10.1 Å². The first-order chi connectivity index (χ1) is 16.6. The predicted octanol–water partition coefficient (Wildman–Crippen LogP) is 4.20. The number of aromatic nitrogens is 2. The Morgan fingerprint density at radius 1 is 1.12 bits per heavy atom. The minimum atomic E-state index is -0.128. The fraction of sp³-hybridized carbons (Fsp3) is 0.444. The second-order valence-corrected chi connectivity index (χ2v) is 8.99. The molecule has 0 saturated heterocycles. The largest absolute Gasteiger partial charge is 0.497 e. The first-order valence-electron chi connectivity index (χ1n) is 12.2. The van der Waals surface area contributed by atoms with Crippen LogP contribution in [0.3, 0.4) is 0 Å². The number of para-hydroxylation sites is 2. The smallest absolute Gasteiger partial charge is 0.251 e. The number of likely N-dealkylation sites (N-methyl/N-ethyl adjacent to an activating group) is 1. The van der Waals surface area contributed by atoms with Crippen molar-refractivity contribution in [2.75, 3.05) is 20.7 Å². The Bertz CT molecular complexity index is 1130. The summed E-state index contributed by atoms with van der Waals surface area (Å²) in [5, 5.41) is 2.97. The van der Waals surface area contributed by atoms with Crippen LogP contribution in [0.2, 0.25) is 0 Å². The first kappa shape index (κ1) is 23.8. The summed E-state index contributed by atoms with van der Waals surface area (Å²) in [6.45, 7) is 0.814. The minimum Gasteiger partial charge on any atom is -0.497 e. The topological polar surface area (TPSA) is 76.5 Å². The molecule has 1 aliphatic carbocycles. The second-order valence-electron chi connectivity index (χ2n) is 8.99. The SMILES string of the molecule is COc1cccc(C(=O)NCCCc2nc3ccccc3n2CC(=O)N(C)C2CCCCC2)c1. The van der Waals surface area contributed by atoms with E-state index in [0.717, 1.165) is 36.1 Å². The highest BCUT2D eigenvalue weighted by molar-refractivity contribution is 5.94. The lowest BCUT2D eigenvalue weighted by Gasteiger charge is -2.31. The Balaban J connectivity index is 1.39. The lowest BCUT2D eigenvalue weighted by molar-refractivity contribution is -0.133. The second kappa shape index (κ2) is 11.2. The number of amides is 2. The van der Waals surface area contributed by atoms with Crippen molar-refractivity contribution >= 4 is 22.8 Å². The molecule has 34 heavy (non-hydrogen) atoms. The van der Waals surface area contributed by atoms with Gasteiger partial charge in [-0.05, 0) is 49.6 Å². The number of benzene rings is 2. The monoisotopic (exact) mass is 462 g/mol. The number of aryl methyl sites for hydroxylation is 1. The van der Waals surface area contributed by atoms with Crippen LogP contribution in [0, 0.1) is 0 Å². The third kappa shape index (κ3) is 5.58. The number of hydrogen-bond acceptors (Lipinski definition) is 4. The standard InChI is InChI=1S/C27H34N4O3/c1-30(21-11-4-3-5-12-21)26(32)19-31-24-15-7-6-14-23(24)29-25(31)16-9-17-28-27(33)20-10-8-13-22(18-20)34-2/h6-8,10,13-15,18,21H,3-5,9,11-12,16-17,19H2,1-2H3,(H,28,33). The molecule has 2 amide bonds. The molecule has 1 aliphatic rings. The number of ether oxygens (including phenoxy) is 1. The van der Waals surface area contributed by atoms with Crippen molar-refractivity contribution in [2.45, 2.75) is 57.5 Å². The van der Waals surface area contributed by atoms with Crippen LogP contribution in [-0.2, 0) is 17.8 Å². The van der Waals surface area contributed by atoms with E-state index in [2.05, 4.69) is 5.32 Å². The lowest BCUT2D eigenvalue weighted by Crippen LogP contribution is -2.40. The number of rotatable bonds is 9. The fourth-order valence-electron chi connectivity index (χ4n) is 4.73. The number of methoxy groups -OCH3 is 1. The maximum atomic E-state index is 13.1. The molecule has 0 spiro atoms. The zero-order chi connectivity index (χ0) is 23.9. The number of hydrogen-bond donors (Lipinski definition) is 1. The molecule has 0 bridgehead atoms. The summed E-state index contributed by atoms with van der Waals surface area (Å²) in [6.07, 6.45) is 7.24. The zero-order valence-corrected chi connectivity index (χ0v) is 20.1. The van der Waals surface area contributed by atoms with E-state index < -0.39 is 0 Å². The van der Waals surface area contributed by atoms with E-state index in [4.69, 9.17) is 9.72 Å². The highest BCUT2D eigenvalue weighted by atomic mass is 16.5. The number of carbonyl (C=O) groups excluding carboxylic acids is 2. The van der Waals surface area contributed by atoms with Crippen molar-refractivity contribution in [2.24, 2.45) is 0 Å². The normalized spacial score (nSPS) is 14.2. The van der Waals surface area contributed by atoms with Crippen molar-refractivity contribution in [1.82, 2.24) is 19.8 Å². The molecule has 2 aromatic carbocycles. The first-order valence-corrected chi connectivity index (χ1v) is 12.2. The molecule has 1 fully saturated rings. The molecular formula is C27H34N4O3. The Morgan fingerprint density at radius 3 is 2.71 bits per heavy atom. The molecular weight excluding hydrogens is 428 g/mol. The molecule has 0 radical (unpaired) electrons. The van der Waals surface area contributed by atoms with Gasteiger partial charge in [0.25, 0.3) is 5.91 Å². The molecule has 0 aliphatic heterocycles. The fourth-order valence-corrected chi connectivity index (χ4v) is 4.73. The van der Waals surface area contributed by atoms with E-state index in [9.17, 15) is 9.59 Å². The molecule has 0 atom stereocenters. The number of fused-ring (bicyclic) bond motifs is 1. The zero-order valence-electron chi connectivity index (χ0n) is 20.1. The van der Waals surface area contributed by atoms with E-state index >= 15 is 0 Å². The van der Waals surface area contributed by atoms with Gasteiger partial charge in [-0.25, -0.2) is 4.98 Å². The number of nitrogens with zero attached hydrogens (tertiary/aromatic N) is 3. The van der Waals surface area contributed by atoms with E-state index in [0.29, 0.717) is 36.9 Å². The van der Waals surface area contributed by atoms with Gasteiger partial charge in [0.1, 0.15) is 18.1 Å². The summed E-state index contributed by atoms with van der Waals surface area (Å²) < 4.78 is 7.24. The molecule has 4 rings (SSSR count). The average Bonchev–Trinajstić information content (AvgIpc) is 3.23. The molecule has 3 aromatic rings. The predicted molar refractivity (Wildman–Crippen MR) is 133 cm³/mol. The van der Waals surface area contributed by atoms with Gasteiger partial charge < -0.3 is 19.5 Å². The van der Waals surface area contributed by atoms with Crippen molar-refractivity contribution in [3.8, 4) is 5.75 Å². The van der Waals surface area contributed by atoms with Crippen LogP contribution in [0.5, 0.6) is 5.75 Å². The van der Waals surface area contributed by atoms with E-state index in [1.54, 1.807) is 25.3 Å². The van der Waals surface area contributed by atoms with Crippen molar-refractivity contribution in [3.05, 3.63) is 59.9 Å². The summed E-state index contributed by atoms with van der Waals surface area (Å²) in [4.78, 5) is 32.3. The van der Waals surface area contributed by atoms with Gasteiger partial charge >= 0.3 is 0 Å². The summed E-state index contributed by atoms with van der Waals surface area (Å²) in [5.74, 6) is 1.53. The van der Waals surface area contributed by atoms with Crippen molar-refractivity contribution in [1.29, 1.82) is 0 Å². The van der Waals surface area contributed by atoms with E-state index in [-0.39, 0.29) is 11.8 Å². The Labute approximate surface area is 201 Å².